The quantitative estimate of drug-likeness (QED) is 0.601. The molecule has 2 unspecified atom stereocenters. The second kappa shape index (κ2) is 10.1. The Balaban J connectivity index is 1.96. The van der Waals surface area contributed by atoms with Gasteiger partial charge in [0.2, 0.25) is 0 Å². The molecular formula is C14H29NO2S. The molecular weight excluding hydrogens is 246 g/mol. The molecule has 0 aliphatic heterocycles. The predicted molar refractivity (Wildman–Crippen MR) is 79.3 cm³/mol. The van der Waals surface area contributed by atoms with Gasteiger partial charge in [0.25, 0.3) is 0 Å². The lowest BCUT2D eigenvalue weighted by molar-refractivity contribution is -0.00609. The molecule has 4 heteroatoms. The first-order valence-electron chi connectivity index (χ1n) is 7.33. The molecule has 2 N–H and O–H groups in total. The van der Waals surface area contributed by atoms with E-state index in [1.165, 1.54) is 37.2 Å². The van der Waals surface area contributed by atoms with Gasteiger partial charge in [-0.1, -0.05) is 19.8 Å². The van der Waals surface area contributed by atoms with Gasteiger partial charge in [-0.15, -0.1) is 0 Å². The van der Waals surface area contributed by atoms with Crippen LogP contribution in [0.25, 0.3) is 0 Å². The van der Waals surface area contributed by atoms with Crippen LogP contribution in [-0.2, 0) is 4.74 Å². The van der Waals surface area contributed by atoms with E-state index < -0.39 is 0 Å². The van der Waals surface area contributed by atoms with E-state index in [4.69, 9.17) is 4.74 Å². The highest BCUT2D eigenvalue weighted by molar-refractivity contribution is 7.99. The SMILES string of the molecule is CCSCCC(C)NCC(O)COC1CCCC1. The van der Waals surface area contributed by atoms with E-state index in [0.29, 0.717) is 25.3 Å². The van der Waals surface area contributed by atoms with Crippen LogP contribution in [-0.4, -0.2) is 48.0 Å². The average molecular weight is 275 g/mol. The second-order valence-electron chi connectivity index (χ2n) is 5.19. The molecule has 108 valence electrons. The molecule has 1 saturated carbocycles. The van der Waals surface area contributed by atoms with Gasteiger partial charge >= 0.3 is 0 Å². The zero-order valence-corrected chi connectivity index (χ0v) is 12.7. The summed E-state index contributed by atoms with van der Waals surface area (Å²) in [5.74, 6) is 2.38. The van der Waals surface area contributed by atoms with Gasteiger partial charge in [0.15, 0.2) is 0 Å². The summed E-state index contributed by atoms with van der Waals surface area (Å²) in [6.45, 7) is 5.49. The maximum absolute atomic E-state index is 9.84. The average Bonchev–Trinajstić information content (AvgIpc) is 2.87. The van der Waals surface area contributed by atoms with Crippen molar-refractivity contribution >= 4 is 11.8 Å². The number of hydrogen-bond acceptors (Lipinski definition) is 4. The third-order valence-corrected chi connectivity index (χ3v) is 4.36. The number of aliphatic hydroxyl groups excluding tert-OH is 1. The Morgan fingerprint density at radius 2 is 2.11 bits per heavy atom. The molecule has 0 aromatic heterocycles. The Hall–Kier alpha value is 0.230. The Morgan fingerprint density at radius 1 is 1.39 bits per heavy atom. The fraction of sp³-hybridized carbons (Fsp3) is 1.00. The Morgan fingerprint density at radius 3 is 2.78 bits per heavy atom. The van der Waals surface area contributed by atoms with Crippen molar-refractivity contribution < 1.29 is 9.84 Å². The number of ether oxygens (including phenoxy) is 1. The lowest BCUT2D eigenvalue weighted by atomic mass is 10.2. The zero-order chi connectivity index (χ0) is 13.2. The highest BCUT2D eigenvalue weighted by atomic mass is 32.2. The van der Waals surface area contributed by atoms with Crippen molar-refractivity contribution in [3.63, 3.8) is 0 Å². The second-order valence-corrected chi connectivity index (χ2v) is 6.58. The van der Waals surface area contributed by atoms with Crippen molar-refractivity contribution in [3.05, 3.63) is 0 Å². The molecule has 18 heavy (non-hydrogen) atoms. The molecule has 1 rings (SSSR count). The molecule has 1 aliphatic carbocycles. The maximum Gasteiger partial charge on any atom is 0.0897 e. The van der Waals surface area contributed by atoms with Gasteiger partial charge in [0, 0.05) is 12.6 Å². The Labute approximate surface area is 116 Å². The summed E-state index contributed by atoms with van der Waals surface area (Å²) in [4.78, 5) is 0. The van der Waals surface area contributed by atoms with Crippen LogP contribution in [0.3, 0.4) is 0 Å². The molecule has 1 fully saturated rings. The van der Waals surface area contributed by atoms with E-state index in [9.17, 15) is 5.11 Å². The number of rotatable bonds is 10. The summed E-state index contributed by atoms with van der Waals surface area (Å²) >= 11 is 1.97. The van der Waals surface area contributed by atoms with Crippen LogP contribution in [0.1, 0.15) is 46.0 Å². The van der Waals surface area contributed by atoms with Crippen LogP contribution >= 0.6 is 11.8 Å². The molecule has 0 aromatic rings. The van der Waals surface area contributed by atoms with Crippen LogP contribution in [0.5, 0.6) is 0 Å². The van der Waals surface area contributed by atoms with Crippen molar-refractivity contribution in [3.8, 4) is 0 Å². The number of nitrogens with one attached hydrogen (secondary N) is 1. The molecule has 3 nitrogen and oxygen atoms in total. The first-order chi connectivity index (χ1) is 8.72. The van der Waals surface area contributed by atoms with Gasteiger partial charge in [-0.3, -0.25) is 0 Å². The summed E-state index contributed by atoms with van der Waals surface area (Å²) in [6, 6.07) is 0.477. The fourth-order valence-electron chi connectivity index (χ4n) is 2.20. The summed E-state index contributed by atoms with van der Waals surface area (Å²) in [7, 11) is 0. The smallest absolute Gasteiger partial charge is 0.0897 e. The molecule has 0 bridgehead atoms. The first-order valence-corrected chi connectivity index (χ1v) is 8.48. The van der Waals surface area contributed by atoms with Crippen LogP contribution in [0.2, 0.25) is 0 Å². The van der Waals surface area contributed by atoms with Gasteiger partial charge in [-0.25, -0.2) is 0 Å². The lowest BCUT2D eigenvalue weighted by Gasteiger charge is -2.19. The highest BCUT2D eigenvalue weighted by Gasteiger charge is 2.17. The third-order valence-electron chi connectivity index (χ3n) is 3.43. The van der Waals surface area contributed by atoms with E-state index in [1.807, 2.05) is 11.8 Å². The molecule has 0 radical (unpaired) electrons. The summed E-state index contributed by atoms with van der Waals surface area (Å²) in [5, 5.41) is 13.2. The Kier molecular flexibility index (Phi) is 9.11. The van der Waals surface area contributed by atoms with Crippen LogP contribution in [0.4, 0.5) is 0 Å². The minimum Gasteiger partial charge on any atom is -0.389 e. The van der Waals surface area contributed by atoms with Gasteiger partial charge < -0.3 is 15.2 Å². The minimum atomic E-state index is -0.369. The largest absolute Gasteiger partial charge is 0.389 e. The fourth-order valence-corrected chi connectivity index (χ4v) is 3.01. The van der Waals surface area contributed by atoms with E-state index in [0.717, 1.165) is 6.42 Å². The summed E-state index contributed by atoms with van der Waals surface area (Å²) in [6.07, 6.45) is 6.10. The summed E-state index contributed by atoms with van der Waals surface area (Å²) in [5.41, 5.74) is 0. The van der Waals surface area contributed by atoms with E-state index >= 15 is 0 Å². The van der Waals surface area contributed by atoms with E-state index in [2.05, 4.69) is 19.2 Å². The molecule has 0 heterocycles. The molecule has 0 saturated heterocycles. The lowest BCUT2D eigenvalue weighted by Crippen LogP contribution is -2.36. The van der Waals surface area contributed by atoms with Crippen LogP contribution in [0.15, 0.2) is 0 Å². The molecule has 1 aliphatic rings. The van der Waals surface area contributed by atoms with Gasteiger partial charge in [-0.05, 0) is 37.7 Å². The van der Waals surface area contributed by atoms with Crippen LogP contribution < -0.4 is 5.32 Å². The Bertz CT molecular complexity index is 198. The summed E-state index contributed by atoms with van der Waals surface area (Å²) < 4.78 is 5.70. The predicted octanol–water partition coefficient (Wildman–Crippen LogP) is 2.43. The molecule has 2 atom stereocenters. The first kappa shape index (κ1) is 16.3. The van der Waals surface area contributed by atoms with Gasteiger partial charge in [-0.2, -0.15) is 11.8 Å². The molecule has 0 spiro atoms. The number of thioether (sulfide) groups is 1. The van der Waals surface area contributed by atoms with Crippen molar-refractivity contribution in [2.75, 3.05) is 24.7 Å². The standard InChI is InChI=1S/C14H29NO2S/c1-3-18-9-8-12(2)15-10-13(16)11-17-14-6-4-5-7-14/h12-16H,3-11H2,1-2H3. The van der Waals surface area contributed by atoms with Gasteiger partial charge in [0.1, 0.15) is 0 Å². The minimum absolute atomic E-state index is 0.369. The monoisotopic (exact) mass is 275 g/mol. The van der Waals surface area contributed by atoms with Crippen molar-refractivity contribution in [2.24, 2.45) is 0 Å². The zero-order valence-electron chi connectivity index (χ0n) is 11.9. The number of hydrogen-bond donors (Lipinski definition) is 2. The normalized spacial score (nSPS) is 20.2. The van der Waals surface area contributed by atoms with Crippen molar-refractivity contribution in [1.82, 2.24) is 5.32 Å². The molecule has 0 aromatic carbocycles. The van der Waals surface area contributed by atoms with Crippen molar-refractivity contribution in [2.45, 2.75) is 64.2 Å². The van der Waals surface area contributed by atoms with E-state index in [1.54, 1.807) is 0 Å². The third kappa shape index (κ3) is 7.62. The maximum atomic E-state index is 9.84. The van der Waals surface area contributed by atoms with Gasteiger partial charge in [0.05, 0.1) is 18.8 Å². The van der Waals surface area contributed by atoms with Crippen LogP contribution in [0, 0.1) is 0 Å². The number of aliphatic hydroxyl groups is 1. The topological polar surface area (TPSA) is 41.5 Å². The van der Waals surface area contributed by atoms with Crippen molar-refractivity contribution in [1.29, 1.82) is 0 Å². The molecule has 0 amide bonds. The highest BCUT2D eigenvalue weighted by Crippen LogP contribution is 2.20. The van der Waals surface area contributed by atoms with E-state index in [-0.39, 0.29) is 6.10 Å².